The van der Waals surface area contributed by atoms with Gasteiger partial charge in [0.2, 0.25) is 11.2 Å². The van der Waals surface area contributed by atoms with Gasteiger partial charge in [-0.25, -0.2) is 4.98 Å². The molecule has 2 aromatic heterocycles. The van der Waals surface area contributed by atoms with Crippen molar-refractivity contribution in [3.63, 3.8) is 0 Å². The molecule has 4 rings (SSSR count). The molecule has 0 bridgehead atoms. The van der Waals surface area contributed by atoms with Crippen LogP contribution in [0, 0.1) is 20.8 Å². The van der Waals surface area contributed by atoms with Gasteiger partial charge in [-0.05, 0) is 56.7 Å². The van der Waals surface area contributed by atoms with E-state index in [4.69, 9.17) is 4.98 Å². The summed E-state index contributed by atoms with van der Waals surface area (Å²) in [6, 6.07) is 21.0. The van der Waals surface area contributed by atoms with Crippen LogP contribution in [0.1, 0.15) is 28.3 Å². The second-order valence-corrected chi connectivity index (χ2v) is 6.96. The lowest BCUT2D eigenvalue weighted by atomic mass is 10.2. The van der Waals surface area contributed by atoms with E-state index in [1.165, 1.54) is 22.6 Å². The van der Waals surface area contributed by atoms with Crippen LogP contribution in [-0.2, 0) is 7.05 Å². The van der Waals surface area contributed by atoms with Gasteiger partial charge in [0.05, 0.1) is 0 Å². The molecule has 0 spiro atoms. The molecular formula is C24H24N3+. The minimum atomic E-state index is 1.02. The van der Waals surface area contributed by atoms with Crippen molar-refractivity contribution in [3.8, 4) is 5.69 Å². The number of aromatic nitrogens is 3. The van der Waals surface area contributed by atoms with E-state index in [9.17, 15) is 0 Å². The molecule has 0 saturated heterocycles. The van der Waals surface area contributed by atoms with E-state index in [2.05, 4.69) is 97.6 Å². The van der Waals surface area contributed by atoms with Gasteiger partial charge in [0, 0.05) is 29.2 Å². The summed E-state index contributed by atoms with van der Waals surface area (Å²) in [6.45, 7) is 6.39. The fourth-order valence-electron chi connectivity index (χ4n) is 3.78. The van der Waals surface area contributed by atoms with Gasteiger partial charge in [-0.2, -0.15) is 4.57 Å². The molecule has 0 aliphatic rings. The van der Waals surface area contributed by atoms with Gasteiger partial charge < -0.3 is 4.57 Å². The Hall–Kier alpha value is -3.20. The van der Waals surface area contributed by atoms with Gasteiger partial charge in [0.15, 0.2) is 0 Å². The Morgan fingerprint density at radius 2 is 1.59 bits per heavy atom. The Balaban J connectivity index is 1.78. The standard InChI is InChI=1S/C24H24N3/c1-17-16-20(19(3)27(17)21-10-6-5-7-11-21)14-15-23-18(2)25-22-12-8-9-13-24(22)26(23)4/h5-16H,1-4H3/q+1. The van der Waals surface area contributed by atoms with Gasteiger partial charge in [0.25, 0.3) is 0 Å². The molecule has 3 nitrogen and oxygen atoms in total. The lowest BCUT2D eigenvalue weighted by molar-refractivity contribution is -0.647. The SMILES string of the molecule is Cc1nc2ccccc2[n+](C)c1/C=C/c1cc(C)n(-c2ccccc2)c1C. The first kappa shape index (κ1) is 17.2. The summed E-state index contributed by atoms with van der Waals surface area (Å²) in [5.74, 6) is 0. The topological polar surface area (TPSA) is 21.7 Å². The molecule has 0 radical (unpaired) electrons. The van der Waals surface area contributed by atoms with Gasteiger partial charge in [-0.15, -0.1) is 0 Å². The Morgan fingerprint density at radius 1 is 0.889 bits per heavy atom. The van der Waals surface area contributed by atoms with Crippen LogP contribution in [0.25, 0.3) is 28.9 Å². The zero-order valence-corrected chi connectivity index (χ0v) is 16.3. The number of rotatable bonds is 3. The minimum absolute atomic E-state index is 1.02. The molecular weight excluding hydrogens is 330 g/mol. The molecule has 0 atom stereocenters. The summed E-state index contributed by atoms with van der Waals surface area (Å²) < 4.78 is 4.51. The molecule has 0 N–H and O–H groups in total. The molecule has 0 fully saturated rings. The molecule has 2 aromatic carbocycles. The van der Waals surface area contributed by atoms with Crippen molar-refractivity contribution in [3.05, 3.63) is 89.0 Å². The molecule has 27 heavy (non-hydrogen) atoms. The number of para-hydroxylation sites is 3. The van der Waals surface area contributed by atoms with Crippen LogP contribution in [0.5, 0.6) is 0 Å². The lowest BCUT2D eigenvalue weighted by Gasteiger charge is -2.09. The summed E-state index contributed by atoms with van der Waals surface area (Å²) in [5, 5.41) is 0. The number of fused-ring (bicyclic) bond motifs is 1. The highest BCUT2D eigenvalue weighted by Gasteiger charge is 2.15. The fraction of sp³-hybridized carbons (Fsp3) is 0.167. The average Bonchev–Trinajstić information content (AvgIpc) is 2.96. The van der Waals surface area contributed by atoms with Crippen LogP contribution < -0.4 is 4.57 Å². The highest BCUT2D eigenvalue weighted by atomic mass is 15.0. The van der Waals surface area contributed by atoms with Crippen molar-refractivity contribution < 1.29 is 4.57 Å². The van der Waals surface area contributed by atoms with Crippen molar-refractivity contribution in [1.82, 2.24) is 9.55 Å². The fourth-order valence-corrected chi connectivity index (χ4v) is 3.78. The Labute approximate surface area is 160 Å². The Bertz CT molecular complexity index is 1150. The van der Waals surface area contributed by atoms with E-state index in [-0.39, 0.29) is 0 Å². The highest BCUT2D eigenvalue weighted by molar-refractivity contribution is 5.74. The minimum Gasteiger partial charge on any atom is -0.318 e. The van der Waals surface area contributed by atoms with Gasteiger partial charge >= 0.3 is 0 Å². The second-order valence-electron chi connectivity index (χ2n) is 6.96. The summed E-state index contributed by atoms with van der Waals surface area (Å²) >= 11 is 0. The molecule has 3 heteroatoms. The molecule has 0 aliphatic heterocycles. The summed E-state index contributed by atoms with van der Waals surface area (Å²) in [7, 11) is 2.10. The summed E-state index contributed by atoms with van der Waals surface area (Å²) in [4.78, 5) is 4.76. The van der Waals surface area contributed by atoms with Crippen molar-refractivity contribution in [2.24, 2.45) is 7.05 Å². The second kappa shape index (κ2) is 6.84. The van der Waals surface area contributed by atoms with E-state index < -0.39 is 0 Å². The van der Waals surface area contributed by atoms with Crippen LogP contribution in [0.2, 0.25) is 0 Å². The normalized spacial score (nSPS) is 11.6. The van der Waals surface area contributed by atoms with Crippen LogP contribution in [-0.4, -0.2) is 9.55 Å². The zero-order chi connectivity index (χ0) is 19.0. The summed E-state index contributed by atoms with van der Waals surface area (Å²) in [5.41, 5.74) is 9.21. The van der Waals surface area contributed by atoms with Gasteiger partial charge in [0.1, 0.15) is 18.3 Å². The Morgan fingerprint density at radius 3 is 2.37 bits per heavy atom. The molecule has 0 aliphatic carbocycles. The van der Waals surface area contributed by atoms with Crippen molar-refractivity contribution >= 4 is 23.2 Å². The van der Waals surface area contributed by atoms with Crippen LogP contribution in [0.3, 0.4) is 0 Å². The number of nitrogens with zero attached hydrogens (tertiary/aromatic N) is 3. The highest BCUT2D eigenvalue weighted by Crippen LogP contribution is 2.22. The molecule has 4 aromatic rings. The maximum absolute atomic E-state index is 4.76. The quantitative estimate of drug-likeness (QED) is 0.477. The average molecular weight is 354 g/mol. The first-order chi connectivity index (χ1) is 13.1. The molecule has 0 saturated carbocycles. The van der Waals surface area contributed by atoms with E-state index in [1.807, 2.05) is 12.1 Å². The number of benzene rings is 2. The first-order valence-corrected chi connectivity index (χ1v) is 9.24. The van der Waals surface area contributed by atoms with E-state index in [0.717, 1.165) is 22.4 Å². The summed E-state index contributed by atoms with van der Waals surface area (Å²) in [6.07, 6.45) is 4.37. The van der Waals surface area contributed by atoms with Crippen molar-refractivity contribution in [2.75, 3.05) is 0 Å². The first-order valence-electron chi connectivity index (χ1n) is 9.24. The maximum Gasteiger partial charge on any atom is 0.231 e. The molecule has 134 valence electrons. The van der Waals surface area contributed by atoms with Gasteiger partial charge in [-0.1, -0.05) is 30.3 Å². The van der Waals surface area contributed by atoms with Crippen LogP contribution in [0.4, 0.5) is 0 Å². The van der Waals surface area contributed by atoms with E-state index >= 15 is 0 Å². The third-order valence-electron chi connectivity index (χ3n) is 5.17. The Kier molecular flexibility index (Phi) is 4.36. The van der Waals surface area contributed by atoms with Crippen molar-refractivity contribution in [2.45, 2.75) is 20.8 Å². The molecule has 0 unspecified atom stereocenters. The number of hydrogen-bond donors (Lipinski definition) is 0. The van der Waals surface area contributed by atoms with E-state index in [1.54, 1.807) is 0 Å². The zero-order valence-electron chi connectivity index (χ0n) is 16.3. The van der Waals surface area contributed by atoms with Crippen molar-refractivity contribution in [1.29, 1.82) is 0 Å². The predicted molar refractivity (Wildman–Crippen MR) is 112 cm³/mol. The van der Waals surface area contributed by atoms with Crippen LogP contribution in [0.15, 0.2) is 60.7 Å². The third-order valence-corrected chi connectivity index (χ3v) is 5.17. The maximum atomic E-state index is 4.76. The van der Waals surface area contributed by atoms with Crippen LogP contribution >= 0.6 is 0 Å². The largest absolute Gasteiger partial charge is 0.318 e. The molecule has 2 heterocycles. The van der Waals surface area contributed by atoms with E-state index in [0.29, 0.717) is 0 Å². The van der Waals surface area contributed by atoms with Gasteiger partial charge in [-0.3, -0.25) is 0 Å². The number of aryl methyl sites for hydroxylation is 3. The lowest BCUT2D eigenvalue weighted by Crippen LogP contribution is -2.34. The third kappa shape index (κ3) is 3.06. The predicted octanol–water partition coefficient (Wildman–Crippen LogP) is 4.95. The smallest absolute Gasteiger partial charge is 0.231 e. The molecule has 0 amide bonds. The monoisotopic (exact) mass is 354 g/mol. The number of hydrogen-bond acceptors (Lipinski definition) is 1.